The van der Waals surface area contributed by atoms with Crippen LogP contribution in [0.5, 0.6) is 0 Å². The van der Waals surface area contributed by atoms with Crippen LogP contribution < -0.4 is 0 Å². The summed E-state index contributed by atoms with van der Waals surface area (Å²) in [6.07, 6.45) is 5.43. The van der Waals surface area contributed by atoms with Crippen molar-refractivity contribution >= 4 is 11.9 Å². The number of amides is 1. The SMILES string of the molecule is COC(=O)CCN(C(=O)c1cccnc1)C1CC1. The second kappa shape index (κ2) is 5.62. The monoisotopic (exact) mass is 248 g/mol. The lowest BCUT2D eigenvalue weighted by Crippen LogP contribution is -2.35. The molecule has 0 bridgehead atoms. The first-order valence-corrected chi connectivity index (χ1v) is 6.00. The molecule has 0 saturated heterocycles. The lowest BCUT2D eigenvalue weighted by Gasteiger charge is -2.21. The van der Waals surface area contributed by atoms with E-state index in [0.717, 1.165) is 12.8 Å². The molecule has 0 spiro atoms. The number of nitrogens with zero attached hydrogens (tertiary/aromatic N) is 2. The lowest BCUT2D eigenvalue weighted by atomic mass is 10.2. The predicted octanol–water partition coefficient (Wildman–Crippen LogP) is 1.25. The van der Waals surface area contributed by atoms with Crippen molar-refractivity contribution in [2.75, 3.05) is 13.7 Å². The number of pyridine rings is 1. The summed E-state index contributed by atoms with van der Waals surface area (Å²) in [6.45, 7) is 0.408. The van der Waals surface area contributed by atoms with E-state index in [2.05, 4.69) is 9.72 Å². The van der Waals surface area contributed by atoms with Crippen LogP contribution in [0, 0.1) is 0 Å². The van der Waals surface area contributed by atoms with E-state index in [1.165, 1.54) is 7.11 Å². The highest BCUT2D eigenvalue weighted by atomic mass is 16.5. The standard InChI is InChI=1S/C13H16N2O3/c1-18-12(16)6-8-15(11-4-5-11)13(17)10-3-2-7-14-9-10/h2-3,7,9,11H,4-6,8H2,1H3. The van der Waals surface area contributed by atoms with Crippen molar-refractivity contribution in [2.45, 2.75) is 25.3 Å². The van der Waals surface area contributed by atoms with Crippen molar-refractivity contribution in [2.24, 2.45) is 0 Å². The number of aromatic nitrogens is 1. The fourth-order valence-electron chi connectivity index (χ4n) is 1.81. The fraction of sp³-hybridized carbons (Fsp3) is 0.462. The van der Waals surface area contributed by atoms with Gasteiger partial charge in [-0.2, -0.15) is 0 Å². The second-order valence-corrected chi connectivity index (χ2v) is 4.30. The fourth-order valence-corrected chi connectivity index (χ4v) is 1.81. The van der Waals surface area contributed by atoms with Crippen LogP contribution in [-0.2, 0) is 9.53 Å². The summed E-state index contributed by atoms with van der Waals surface area (Å²) in [5, 5.41) is 0. The summed E-state index contributed by atoms with van der Waals surface area (Å²) in [5.41, 5.74) is 0.564. The zero-order chi connectivity index (χ0) is 13.0. The van der Waals surface area contributed by atoms with E-state index in [9.17, 15) is 9.59 Å². The molecule has 1 fully saturated rings. The molecule has 18 heavy (non-hydrogen) atoms. The molecular weight excluding hydrogens is 232 g/mol. The minimum Gasteiger partial charge on any atom is -0.469 e. The Morgan fingerprint density at radius 3 is 2.83 bits per heavy atom. The van der Waals surface area contributed by atoms with Gasteiger partial charge in [0.1, 0.15) is 0 Å². The number of carbonyl (C=O) groups excluding carboxylic acids is 2. The summed E-state index contributed by atoms with van der Waals surface area (Å²) in [7, 11) is 1.35. The van der Waals surface area contributed by atoms with Crippen molar-refractivity contribution in [3.05, 3.63) is 30.1 Å². The minimum absolute atomic E-state index is 0.0606. The maximum absolute atomic E-state index is 12.3. The first kappa shape index (κ1) is 12.5. The third-order valence-electron chi connectivity index (χ3n) is 2.94. The molecule has 5 nitrogen and oxygen atoms in total. The average molecular weight is 248 g/mol. The third-order valence-corrected chi connectivity index (χ3v) is 2.94. The number of esters is 1. The summed E-state index contributed by atoms with van der Waals surface area (Å²) < 4.78 is 4.60. The molecule has 1 aromatic rings. The van der Waals surface area contributed by atoms with E-state index in [1.54, 1.807) is 29.4 Å². The molecule has 0 aliphatic heterocycles. The largest absolute Gasteiger partial charge is 0.469 e. The van der Waals surface area contributed by atoms with Gasteiger partial charge in [-0.15, -0.1) is 0 Å². The predicted molar refractivity (Wildman–Crippen MR) is 64.9 cm³/mol. The molecule has 1 aromatic heterocycles. The molecule has 1 amide bonds. The maximum atomic E-state index is 12.3. The Morgan fingerprint density at radius 2 is 2.28 bits per heavy atom. The van der Waals surface area contributed by atoms with Crippen molar-refractivity contribution in [3.63, 3.8) is 0 Å². The van der Waals surface area contributed by atoms with E-state index in [1.807, 2.05) is 0 Å². The van der Waals surface area contributed by atoms with Crippen LogP contribution in [-0.4, -0.2) is 41.5 Å². The van der Waals surface area contributed by atoms with E-state index >= 15 is 0 Å². The summed E-state index contributed by atoms with van der Waals surface area (Å²) >= 11 is 0. The Kier molecular flexibility index (Phi) is 3.92. The maximum Gasteiger partial charge on any atom is 0.307 e. The van der Waals surface area contributed by atoms with E-state index in [-0.39, 0.29) is 24.3 Å². The van der Waals surface area contributed by atoms with Crippen molar-refractivity contribution < 1.29 is 14.3 Å². The van der Waals surface area contributed by atoms with Gasteiger partial charge in [0.25, 0.3) is 5.91 Å². The van der Waals surface area contributed by atoms with Gasteiger partial charge in [0, 0.05) is 25.0 Å². The van der Waals surface area contributed by atoms with Crippen molar-refractivity contribution in [1.29, 1.82) is 0 Å². The molecule has 0 aromatic carbocycles. The molecule has 0 atom stereocenters. The molecule has 1 aliphatic carbocycles. The number of methoxy groups -OCH3 is 1. The zero-order valence-corrected chi connectivity index (χ0v) is 10.3. The molecule has 1 heterocycles. The third kappa shape index (κ3) is 3.06. The van der Waals surface area contributed by atoms with Gasteiger partial charge in [-0.25, -0.2) is 0 Å². The molecule has 1 saturated carbocycles. The highest BCUT2D eigenvalue weighted by molar-refractivity contribution is 5.94. The van der Waals surface area contributed by atoms with Gasteiger partial charge >= 0.3 is 5.97 Å². The smallest absolute Gasteiger partial charge is 0.307 e. The summed E-state index contributed by atoms with van der Waals surface area (Å²) in [6, 6.07) is 3.74. The highest BCUT2D eigenvalue weighted by Gasteiger charge is 2.33. The molecule has 0 N–H and O–H groups in total. The first-order chi connectivity index (χ1) is 8.72. The van der Waals surface area contributed by atoms with Crippen LogP contribution in [0.3, 0.4) is 0 Å². The Morgan fingerprint density at radius 1 is 1.50 bits per heavy atom. The van der Waals surface area contributed by atoms with Gasteiger partial charge in [0.2, 0.25) is 0 Å². The number of hydrogen-bond donors (Lipinski definition) is 0. The normalized spacial score (nSPS) is 14.1. The van der Waals surface area contributed by atoms with Crippen LogP contribution in [0.1, 0.15) is 29.6 Å². The van der Waals surface area contributed by atoms with Crippen molar-refractivity contribution in [1.82, 2.24) is 9.88 Å². The van der Waals surface area contributed by atoms with Gasteiger partial charge < -0.3 is 9.64 Å². The Labute approximate surface area is 106 Å². The molecule has 2 rings (SSSR count). The van der Waals surface area contributed by atoms with Crippen LogP contribution in [0.4, 0.5) is 0 Å². The average Bonchev–Trinajstić information content (AvgIpc) is 3.24. The van der Waals surface area contributed by atoms with Crippen LogP contribution >= 0.6 is 0 Å². The van der Waals surface area contributed by atoms with Gasteiger partial charge in [-0.1, -0.05) is 0 Å². The molecule has 1 aliphatic rings. The molecular formula is C13H16N2O3. The van der Waals surface area contributed by atoms with Gasteiger partial charge in [0.05, 0.1) is 19.1 Å². The van der Waals surface area contributed by atoms with Crippen molar-refractivity contribution in [3.8, 4) is 0 Å². The molecule has 0 unspecified atom stereocenters. The Bertz CT molecular complexity index is 429. The molecule has 96 valence electrons. The van der Waals surface area contributed by atoms with Gasteiger partial charge in [0.15, 0.2) is 0 Å². The first-order valence-electron chi connectivity index (χ1n) is 6.00. The number of hydrogen-bond acceptors (Lipinski definition) is 4. The molecule has 5 heteroatoms. The van der Waals surface area contributed by atoms with Gasteiger partial charge in [-0.05, 0) is 25.0 Å². The number of rotatable bonds is 5. The summed E-state index contributed by atoms with van der Waals surface area (Å²) in [4.78, 5) is 29.1. The van der Waals surface area contributed by atoms with E-state index in [4.69, 9.17) is 0 Å². The Hall–Kier alpha value is -1.91. The number of ether oxygens (including phenoxy) is 1. The summed E-state index contributed by atoms with van der Waals surface area (Å²) in [5.74, 6) is -0.353. The van der Waals surface area contributed by atoms with Gasteiger partial charge in [-0.3, -0.25) is 14.6 Å². The van der Waals surface area contributed by atoms with E-state index < -0.39 is 0 Å². The molecule has 0 radical (unpaired) electrons. The second-order valence-electron chi connectivity index (χ2n) is 4.30. The van der Waals surface area contributed by atoms with E-state index in [0.29, 0.717) is 12.1 Å². The lowest BCUT2D eigenvalue weighted by molar-refractivity contribution is -0.140. The Balaban J connectivity index is 2.01. The number of carbonyl (C=O) groups is 2. The quantitative estimate of drug-likeness (QED) is 0.736. The van der Waals surface area contributed by atoms with Crippen LogP contribution in [0.25, 0.3) is 0 Å². The highest BCUT2D eigenvalue weighted by Crippen LogP contribution is 2.28. The minimum atomic E-state index is -0.292. The topological polar surface area (TPSA) is 59.5 Å². The zero-order valence-electron chi connectivity index (χ0n) is 10.3. The van der Waals surface area contributed by atoms with Crippen LogP contribution in [0.15, 0.2) is 24.5 Å². The van der Waals surface area contributed by atoms with Crippen LogP contribution in [0.2, 0.25) is 0 Å².